The molecule has 2 aliphatic heterocycles. The number of rotatable bonds is 4. The third kappa shape index (κ3) is 4.07. The highest BCUT2D eigenvalue weighted by Gasteiger charge is 2.21. The molecule has 1 amide bonds. The van der Waals surface area contributed by atoms with Crippen molar-refractivity contribution in [2.45, 2.75) is 38.3 Å². The number of hydrogen-bond donors (Lipinski definition) is 2. The standard InChI is InChI=1S/C22H27N3O/c26-22(19-8-9-21-18(15-19)7-4-12-23-21)24-20-10-13-25(14-11-20)16-17-5-2-1-3-6-17/h1-3,5-6,8-9,15,20,23H,4,7,10-14,16H2,(H,24,26). The van der Waals surface area contributed by atoms with Crippen molar-refractivity contribution in [3.63, 3.8) is 0 Å². The fraction of sp³-hybridized carbons (Fsp3) is 0.409. The molecule has 0 aromatic heterocycles. The summed E-state index contributed by atoms with van der Waals surface area (Å²) < 4.78 is 0. The lowest BCUT2D eigenvalue weighted by Gasteiger charge is -2.32. The Morgan fingerprint density at radius 3 is 2.73 bits per heavy atom. The Balaban J connectivity index is 1.29. The van der Waals surface area contributed by atoms with E-state index in [4.69, 9.17) is 0 Å². The van der Waals surface area contributed by atoms with Gasteiger partial charge in [0.05, 0.1) is 0 Å². The topological polar surface area (TPSA) is 44.4 Å². The number of aryl methyl sites for hydroxylation is 1. The van der Waals surface area contributed by atoms with E-state index in [1.807, 2.05) is 12.1 Å². The van der Waals surface area contributed by atoms with Crippen LogP contribution in [0.1, 0.15) is 40.7 Å². The first-order valence-electron chi connectivity index (χ1n) is 9.72. The van der Waals surface area contributed by atoms with E-state index in [1.54, 1.807) is 0 Å². The summed E-state index contributed by atoms with van der Waals surface area (Å²) in [6.07, 6.45) is 4.23. The van der Waals surface area contributed by atoms with Crippen LogP contribution in [0, 0.1) is 0 Å². The SMILES string of the molecule is O=C(NC1CCN(Cc2ccccc2)CC1)c1ccc2c(c1)CCCN2. The minimum Gasteiger partial charge on any atom is -0.385 e. The highest BCUT2D eigenvalue weighted by molar-refractivity contribution is 5.95. The van der Waals surface area contributed by atoms with E-state index in [1.165, 1.54) is 16.8 Å². The number of hydrogen-bond acceptors (Lipinski definition) is 3. The van der Waals surface area contributed by atoms with E-state index in [9.17, 15) is 4.79 Å². The van der Waals surface area contributed by atoms with E-state index < -0.39 is 0 Å². The zero-order valence-electron chi connectivity index (χ0n) is 15.2. The lowest BCUT2D eigenvalue weighted by atomic mass is 9.99. The molecule has 26 heavy (non-hydrogen) atoms. The lowest BCUT2D eigenvalue weighted by molar-refractivity contribution is 0.0909. The van der Waals surface area contributed by atoms with Crippen LogP contribution in [0.15, 0.2) is 48.5 Å². The fourth-order valence-corrected chi connectivity index (χ4v) is 3.96. The number of piperidine rings is 1. The van der Waals surface area contributed by atoms with Crippen molar-refractivity contribution in [1.82, 2.24) is 10.2 Å². The van der Waals surface area contributed by atoms with Crippen molar-refractivity contribution in [3.05, 3.63) is 65.2 Å². The van der Waals surface area contributed by atoms with Crippen molar-refractivity contribution in [1.29, 1.82) is 0 Å². The van der Waals surface area contributed by atoms with E-state index in [0.717, 1.165) is 57.4 Å². The molecule has 0 atom stereocenters. The average Bonchev–Trinajstić information content (AvgIpc) is 2.70. The predicted molar refractivity (Wildman–Crippen MR) is 105 cm³/mol. The normalized spacial score (nSPS) is 18.0. The molecule has 2 aromatic carbocycles. The Kier molecular flexibility index (Phi) is 5.21. The van der Waals surface area contributed by atoms with Gasteiger partial charge in [-0.3, -0.25) is 9.69 Å². The third-order valence-electron chi connectivity index (χ3n) is 5.48. The van der Waals surface area contributed by atoms with Crippen LogP contribution in [-0.4, -0.2) is 36.5 Å². The second-order valence-electron chi connectivity index (χ2n) is 7.41. The summed E-state index contributed by atoms with van der Waals surface area (Å²) in [4.78, 5) is 15.1. The van der Waals surface area contributed by atoms with Gasteiger partial charge in [0, 0.05) is 43.5 Å². The molecule has 0 spiro atoms. The molecule has 2 heterocycles. The molecule has 136 valence electrons. The number of amides is 1. The molecule has 0 aliphatic carbocycles. The minimum atomic E-state index is 0.0693. The third-order valence-corrected chi connectivity index (χ3v) is 5.48. The maximum atomic E-state index is 12.6. The Morgan fingerprint density at radius 1 is 1.12 bits per heavy atom. The van der Waals surface area contributed by atoms with Crippen molar-refractivity contribution >= 4 is 11.6 Å². The van der Waals surface area contributed by atoms with Gasteiger partial charge in [0.2, 0.25) is 0 Å². The maximum Gasteiger partial charge on any atom is 0.251 e. The van der Waals surface area contributed by atoms with Gasteiger partial charge in [-0.1, -0.05) is 30.3 Å². The monoisotopic (exact) mass is 349 g/mol. The molecule has 0 radical (unpaired) electrons. The number of carbonyl (C=O) groups is 1. The number of carbonyl (C=O) groups excluding carboxylic acids is 1. The van der Waals surface area contributed by atoms with Crippen LogP contribution in [0.3, 0.4) is 0 Å². The summed E-state index contributed by atoms with van der Waals surface area (Å²) in [5.41, 5.74) is 4.60. The van der Waals surface area contributed by atoms with Crippen LogP contribution in [-0.2, 0) is 13.0 Å². The Morgan fingerprint density at radius 2 is 1.92 bits per heavy atom. The van der Waals surface area contributed by atoms with Gasteiger partial charge < -0.3 is 10.6 Å². The van der Waals surface area contributed by atoms with E-state index in [2.05, 4.69) is 51.9 Å². The second-order valence-corrected chi connectivity index (χ2v) is 7.41. The first kappa shape index (κ1) is 17.1. The van der Waals surface area contributed by atoms with E-state index >= 15 is 0 Å². The molecule has 2 aromatic rings. The molecule has 4 nitrogen and oxygen atoms in total. The quantitative estimate of drug-likeness (QED) is 0.889. The molecule has 0 unspecified atom stereocenters. The predicted octanol–water partition coefficient (Wildman–Crippen LogP) is 3.44. The average molecular weight is 349 g/mol. The second kappa shape index (κ2) is 7.92. The van der Waals surface area contributed by atoms with Crippen molar-refractivity contribution in [3.8, 4) is 0 Å². The van der Waals surface area contributed by atoms with Crippen LogP contribution in [0.5, 0.6) is 0 Å². The molecular formula is C22H27N3O. The van der Waals surface area contributed by atoms with Gasteiger partial charge in [-0.2, -0.15) is 0 Å². The number of likely N-dealkylation sites (tertiary alicyclic amines) is 1. The number of fused-ring (bicyclic) bond motifs is 1. The molecule has 2 N–H and O–H groups in total. The molecule has 2 aliphatic rings. The van der Waals surface area contributed by atoms with Gasteiger partial charge in [0.25, 0.3) is 5.91 Å². The van der Waals surface area contributed by atoms with Gasteiger partial charge >= 0.3 is 0 Å². The van der Waals surface area contributed by atoms with Crippen LogP contribution < -0.4 is 10.6 Å². The lowest BCUT2D eigenvalue weighted by Crippen LogP contribution is -2.44. The summed E-state index contributed by atoms with van der Waals surface area (Å²) >= 11 is 0. The smallest absolute Gasteiger partial charge is 0.251 e. The summed E-state index contributed by atoms with van der Waals surface area (Å²) in [7, 11) is 0. The summed E-state index contributed by atoms with van der Waals surface area (Å²) in [5, 5.41) is 6.64. The molecular weight excluding hydrogens is 322 g/mol. The van der Waals surface area contributed by atoms with Gasteiger partial charge in [-0.15, -0.1) is 0 Å². The van der Waals surface area contributed by atoms with Crippen molar-refractivity contribution in [2.75, 3.05) is 25.0 Å². The van der Waals surface area contributed by atoms with Gasteiger partial charge in [-0.05, 0) is 55.0 Å². The Bertz CT molecular complexity index is 751. The largest absolute Gasteiger partial charge is 0.385 e. The van der Waals surface area contributed by atoms with Crippen LogP contribution >= 0.6 is 0 Å². The number of nitrogens with one attached hydrogen (secondary N) is 2. The summed E-state index contributed by atoms with van der Waals surface area (Å²) in [6.45, 7) is 4.10. The van der Waals surface area contributed by atoms with E-state index in [-0.39, 0.29) is 11.9 Å². The fourth-order valence-electron chi connectivity index (χ4n) is 3.96. The highest BCUT2D eigenvalue weighted by atomic mass is 16.1. The van der Waals surface area contributed by atoms with Gasteiger partial charge in [0.15, 0.2) is 0 Å². The highest BCUT2D eigenvalue weighted by Crippen LogP contribution is 2.23. The van der Waals surface area contributed by atoms with Crippen molar-refractivity contribution in [2.24, 2.45) is 0 Å². The number of anilines is 1. The van der Waals surface area contributed by atoms with Gasteiger partial charge in [0.1, 0.15) is 0 Å². The Hall–Kier alpha value is -2.33. The van der Waals surface area contributed by atoms with Crippen LogP contribution in [0.25, 0.3) is 0 Å². The van der Waals surface area contributed by atoms with E-state index in [0.29, 0.717) is 0 Å². The molecule has 0 bridgehead atoms. The molecule has 4 rings (SSSR count). The zero-order chi connectivity index (χ0) is 17.8. The van der Waals surface area contributed by atoms with Gasteiger partial charge in [-0.25, -0.2) is 0 Å². The summed E-state index contributed by atoms with van der Waals surface area (Å²) in [6, 6.07) is 16.9. The minimum absolute atomic E-state index is 0.0693. The molecule has 0 saturated carbocycles. The first-order valence-corrected chi connectivity index (χ1v) is 9.72. The molecule has 1 saturated heterocycles. The first-order chi connectivity index (χ1) is 12.8. The zero-order valence-corrected chi connectivity index (χ0v) is 15.2. The summed E-state index contributed by atoms with van der Waals surface area (Å²) in [5.74, 6) is 0.0693. The maximum absolute atomic E-state index is 12.6. The van der Waals surface area contributed by atoms with Crippen LogP contribution in [0.2, 0.25) is 0 Å². The molecule has 1 fully saturated rings. The van der Waals surface area contributed by atoms with Crippen molar-refractivity contribution < 1.29 is 4.79 Å². The Labute approximate surface area is 155 Å². The number of benzene rings is 2. The van der Waals surface area contributed by atoms with Crippen LogP contribution in [0.4, 0.5) is 5.69 Å². The molecule has 4 heteroatoms. The number of nitrogens with zero attached hydrogens (tertiary/aromatic N) is 1.